The summed E-state index contributed by atoms with van der Waals surface area (Å²) in [5, 5.41) is 2.79. The minimum absolute atomic E-state index is 0.0682. The van der Waals surface area contributed by atoms with Crippen molar-refractivity contribution in [1.82, 2.24) is 4.90 Å². The first-order chi connectivity index (χ1) is 15.9. The lowest BCUT2D eigenvalue weighted by molar-refractivity contribution is -0.122. The van der Waals surface area contributed by atoms with Crippen LogP contribution in [0.25, 0.3) is 6.08 Å². The summed E-state index contributed by atoms with van der Waals surface area (Å²) in [4.78, 5) is 27.2. The van der Waals surface area contributed by atoms with Crippen LogP contribution >= 0.6 is 39.9 Å². The zero-order valence-electron chi connectivity index (χ0n) is 18.4. The van der Waals surface area contributed by atoms with Crippen LogP contribution in [-0.4, -0.2) is 40.8 Å². The molecule has 2 aromatic carbocycles. The van der Waals surface area contributed by atoms with E-state index in [4.69, 9.17) is 21.7 Å². The number of thiocarbonyl (C=S) groups is 1. The molecule has 0 aliphatic carbocycles. The van der Waals surface area contributed by atoms with Gasteiger partial charge < -0.3 is 14.8 Å². The lowest BCUT2D eigenvalue weighted by atomic mass is 10.2. The molecule has 1 heterocycles. The number of anilines is 1. The largest absolute Gasteiger partial charge is 0.490 e. The van der Waals surface area contributed by atoms with Gasteiger partial charge in [-0.1, -0.05) is 59.3 Å². The average Bonchev–Trinajstić information content (AvgIpc) is 3.05. The van der Waals surface area contributed by atoms with Crippen LogP contribution in [-0.2, 0) is 9.59 Å². The number of benzene rings is 2. The van der Waals surface area contributed by atoms with E-state index < -0.39 is 0 Å². The van der Waals surface area contributed by atoms with E-state index in [1.54, 1.807) is 35.2 Å². The Kier molecular flexibility index (Phi) is 9.34. The molecule has 1 N–H and O–H groups in total. The molecular formula is C24H25BrN2O4S2. The van der Waals surface area contributed by atoms with Gasteiger partial charge in [0.2, 0.25) is 0 Å². The zero-order chi connectivity index (χ0) is 23.8. The Balaban J connectivity index is 1.68. The van der Waals surface area contributed by atoms with Gasteiger partial charge in [0.25, 0.3) is 11.8 Å². The van der Waals surface area contributed by atoms with Crippen LogP contribution in [0.1, 0.15) is 32.3 Å². The maximum Gasteiger partial charge on any atom is 0.266 e. The zero-order valence-corrected chi connectivity index (χ0v) is 21.6. The van der Waals surface area contributed by atoms with Gasteiger partial charge in [-0.25, -0.2) is 0 Å². The molecule has 33 heavy (non-hydrogen) atoms. The molecule has 0 radical (unpaired) electrons. The van der Waals surface area contributed by atoms with E-state index in [0.29, 0.717) is 39.6 Å². The molecule has 1 saturated heterocycles. The molecule has 0 unspecified atom stereocenters. The quantitative estimate of drug-likeness (QED) is 0.296. The fourth-order valence-corrected chi connectivity index (χ4v) is 4.61. The monoisotopic (exact) mass is 548 g/mol. The number of thioether (sulfide) groups is 1. The topological polar surface area (TPSA) is 67.9 Å². The molecular weight excluding hydrogens is 524 g/mol. The van der Waals surface area contributed by atoms with Crippen LogP contribution in [0.2, 0.25) is 0 Å². The third-order valence-corrected chi connectivity index (χ3v) is 6.57. The summed E-state index contributed by atoms with van der Waals surface area (Å²) in [6.07, 6.45) is 3.71. The molecule has 9 heteroatoms. The number of amides is 2. The third kappa shape index (κ3) is 7.06. The highest BCUT2D eigenvalue weighted by Gasteiger charge is 2.31. The average molecular weight is 550 g/mol. The Hall–Kier alpha value is -2.36. The minimum atomic E-state index is -0.278. The molecule has 0 aromatic heterocycles. The van der Waals surface area contributed by atoms with E-state index in [-0.39, 0.29) is 18.4 Å². The van der Waals surface area contributed by atoms with Gasteiger partial charge in [0.05, 0.1) is 11.5 Å². The highest BCUT2D eigenvalue weighted by atomic mass is 79.9. The lowest BCUT2D eigenvalue weighted by Gasteiger charge is -2.13. The number of hydrogen-bond donors (Lipinski definition) is 1. The smallest absolute Gasteiger partial charge is 0.266 e. The van der Waals surface area contributed by atoms with Crippen molar-refractivity contribution in [3.8, 4) is 11.5 Å². The van der Waals surface area contributed by atoms with Gasteiger partial charge in [-0.15, -0.1) is 0 Å². The molecule has 3 rings (SSSR count). The van der Waals surface area contributed by atoms with E-state index in [1.807, 2.05) is 25.1 Å². The summed E-state index contributed by atoms with van der Waals surface area (Å²) in [6, 6.07) is 12.6. The van der Waals surface area contributed by atoms with Crippen LogP contribution in [0.15, 0.2) is 51.8 Å². The number of carbonyl (C=O) groups is 2. The summed E-state index contributed by atoms with van der Waals surface area (Å²) >= 11 is 10.0. The van der Waals surface area contributed by atoms with Crippen molar-refractivity contribution in [2.24, 2.45) is 0 Å². The second-order valence-corrected chi connectivity index (χ2v) is 9.76. The predicted octanol–water partition coefficient (Wildman–Crippen LogP) is 5.87. The Morgan fingerprint density at radius 1 is 1.15 bits per heavy atom. The molecule has 2 aromatic rings. The molecule has 0 atom stereocenters. The number of carbonyl (C=O) groups excluding carboxylic acids is 2. The molecule has 1 fully saturated rings. The van der Waals surface area contributed by atoms with Gasteiger partial charge in [-0.3, -0.25) is 14.5 Å². The Morgan fingerprint density at radius 3 is 2.61 bits per heavy atom. The van der Waals surface area contributed by atoms with E-state index in [0.717, 1.165) is 22.9 Å². The fourth-order valence-electron chi connectivity index (χ4n) is 3.04. The van der Waals surface area contributed by atoms with Gasteiger partial charge in [0, 0.05) is 16.7 Å². The number of nitrogens with zero attached hydrogens (tertiary/aromatic N) is 1. The number of nitrogens with one attached hydrogen (secondary N) is 1. The first kappa shape index (κ1) is 25.3. The van der Waals surface area contributed by atoms with E-state index >= 15 is 0 Å². The molecule has 2 amide bonds. The molecule has 1 aliphatic heterocycles. The van der Waals surface area contributed by atoms with Gasteiger partial charge >= 0.3 is 0 Å². The summed E-state index contributed by atoms with van der Waals surface area (Å²) in [6.45, 7) is 4.86. The molecule has 0 spiro atoms. The van der Waals surface area contributed by atoms with E-state index in [1.165, 1.54) is 11.8 Å². The number of rotatable bonds is 10. The SMILES string of the molecule is CCCCN1C(=O)/C(=C/c2ccc(OCC(=O)Nc3ccc(Br)cc3)c(OCC)c2)SC1=S. The van der Waals surface area contributed by atoms with Crippen molar-refractivity contribution in [3.05, 3.63) is 57.4 Å². The first-order valence-corrected chi connectivity index (χ1v) is 12.6. The van der Waals surface area contributed by atoms with Crippen LogP contribution in [0.3, 0.4) is 0 Å². The minimum Gasteiger partial charge on any atom is -0.490 e. The summed E-state index contributed by atoms with van der Waals surface area (Å²) in [5.74, 6) is 0.612. The molecule has 0 bridgehead atoms. The highest BCUT2D eigenvalue weighted by Crippen LogP contribution is 2.35. The second-order valence-electron chi connectivity index (χ2n) is 7.17. The molecule has 174 valence electrons. The van der Waals surface area contributed by atoms with Gasteiger partial charge in [-0.2, -0.15) is 0 Å². The van der Waals surface area contributed by atoms with Crippen molar-refractivity contribution >= 4 is 67.8 Å². The summed E-state index contributed by atoms with van der Waals surface area (Å²) < 4.78 is 12.9. The van der Waals surface area contributed by atoms with Crippen molar-refractivity contribution in [1.29, 1.82) is 0 Å². The van der Waals surface area contributed by atoms with Crippen LogP contribution in [0.4, 0.5) is 5.69 Å². The maximum atomic E-state index is 12.7. The first-order valence-electron chi connectivity index (χ1n) is 10.6. The molecule has 1 aliphatic rings. The third-order valence-electron chi connectivity index (χ3n) is 4.66. The molecule has 6 nitrogen and oxygen atoms in total. The Labute approximate surface area is 211 Å². The summed E-state index contributed by atoms with van der Waals surface area (Å²) in [5.41, 5.74) is 1.48. The van der Waals surface area contributed by atoms with Crippen molar-refractivity contribution in [3.63, 3.8) is 0 Å². The van der Waals surface area contributed by atoms with Crippen LogP contribution in [0, 0.1) is 0 Å². The van der Waals surface area contributed by atoms with E-state index in [2.05, 4.69) is 28.2 Å². The number of ether oxygens (including phenoxy) is 2. The second kappa shape index (κ2) is 12.2. The lowest BCUT2D eigenvalue weighted by Crippen LogP contribution is -2.28. The number of hydrogen-bond acceptors (Lipinski definition) is 6. The van der Waals surface area contributed by atoms with Gasteiger partial charge in [0.15, 0.2) is 18.1 Å². The van der Waals surface area contributed by atoms with Crippen molar-refractivity contribution in [2.45, 2.75) is 26.7 Å². The molecule has 0 saturated carbocycles. The normalized spacial score (nSPS) is 14.6. The Morgan fingerprint density at radius 2 is 1.91 bits per heavy atom. The van der Waals surface area contributed by atoms with Crippen molar-refractivity contribution < 1.29 is 19.1 Å². The number of halogens is 1. The van der Waals surface area contributed by atoms with Crippen LogP contribution < -0.4 is 14.8 Å². The maximum absolute atomic E-state index is 12.7. The highest BCUT2D eigenvalue weighted by molar-refractivity contribution is 9.10. The van der Waals surface area contributed by atoms with Gasteiger partial charge in [0.1, 0.15) is 4.32 Å². The van der Waals surface area contributed by atoms with Crippen molar-refractivity contribution in [2.75, 3.05) is 25.1 Å². The predicted molar refractivity (Wildman–Crippen MR) is 141 cm³/mol. The van der Waals surface area contributed by atoms with Crippen LogP contribution in [0.5, 0.6) is 11.5 Å². The summed E-state index contributed by atoms with van der Waals surface area (Å²) in [7, 11) is 0. The standard InChI is InChI=1S/C24H25BrN2O4S2/c1-3-5-12-27-23(29)21(33-24(27)32)14-16-6-11-19(20(13-16)30-4-2)31-15-22(28)26-18-9-7-17(25)8-10-18/h6-11,13-14H,3-5,12,15H2,1-2H3,(H,26,28)/b21-14-. The van der Waals surface area contributed by atoms with Gasteiger partial charge in [-0.05, 0) is 61.4 Å². The fraction of sp³-hybridized carbons (Fsp3) is 0.292. The van der Waals surface area contributed by atoms with E-state index in [9.17, 15) is 9.59 Å². The number of unbranched alkanes of at least 4 members (excludes halogenated alkanes) is 1. The Bertz CT molecular complexity index is 1060.